The van der Waals surface area contributed by atoms with E-state index in [0.717, 1.165) is 18.4 Å². The molecular formula is C13H23N3O2S. The van der Waals surface area contributed by atoms with Crippen molar-refractivity contribution >= 4 is 10.0 Å². The Morgan fingerprint density at radius 3 is 2.26 bits per heavy atom. The quantitative estimate of drug-likeness (QED) is 0.788. The highest BCUT2D eigenvalue weighted by molar-refractivity contribution is 7.89. The molecule has 0 amide bonds. The molecule has 1 heterocycles. The molecule has 5 nitrogen and oxygen atoms in total. The summed E-state index contributed by atoms with van der Waals surface area (Å²) in [4.78, 5) is 4.08. The van der Waals surface area contributed by atoms with E-state index < -0.39 is 10.0 Å². The lowest BCUT2D eigenvalue weighted by molar-refractivity contribution is 0.408. The van der Waals surface area contributed by atoms with E-state index in [9.17, 15) is 8.42 Å². The fourth-order valence-electron chi connectivity index (χ4n) is 1.86. The van der Waals surface area contributed by atoms with E-state index in [4.69, 9.17) is 0 Å². The summed E-state index contributed by atoms with van der Waals surface area (Å²) in [6.45, 7) is 5.70. The molecule has 0 aliphatic rings. The predicted octanol–water partition coefficient (Wildman–Crippen LogP) is 1.61. The minimum Gasteiger partial charge on any atom is -0.316 e. The normalized spacial score (nSPS) is 12.0. The lowest BCUT2D eigenvalue weighted by Gasteiger charge is -2.20. The molecule has 1 aromatic rings. The van der Waals surface area contributed by atoms with Gasteiger partial charge in [-0.1, -0.05) is 19.9 Å². The first kappa shape index (κ1) is 16.1. The number of aromatic nitrogens is 1. The number of nitrogens with zero attached hydrogens (tertiary/aromatic N) is 2. The number of hydrogen-bond donors (Lipinski definition) is 1. The average molecular weight is 285 g/mol. The third-order valence-corrected chi connectivity index (χ3v) is 4.54. The molecule has 108 valence electrons. The van der Waals surface area contributed by atoms with Crippen LogP contribution in [0.1, 0.15) is 32.3 Å². The van der Waals surface area contributed by atoms with Crippen molar-refractivity contribution in [2.75, 3.05) is 20.1 Å². The van der Waals surface area contributed by atoms with E-state index in [1.807, 2.05) is 20.9 Å². The van der Waals surface area contributed by atoms with Crippen LogP contribution in [-0.2, 0) is 16.6 Å². The molecule has 0 spiro atoms. The molecule has 0 atom stereocenters. The Bertz CT molecular complexity index is 465. The maximum absolute atomic E-state index is 12.4. The molecule has 0 unspecified atom stereocenters. The molecule has 0 saturated carbocycles. The van der Waals surface area contributed by atoms with E-state index in [2.05, 4.69) is 10.3 Å². The fourth-order valence-corrected chi connectivity index (χ4v) is 3.39. The van der Waals surface area contributed by atoms with Crippen LogP contribution in [0, 0.1) is 0 Å². The standard InChI is InChI=1S/C13H23N3O2S/c1-4-8-16(9-5-2)19(17,18)13-7-6-12(10-14-3)11-15-13/h6-7,11,14H,4-5,8-10H2,1-3H3. The van der Waals surface area contributed by atoms with Gasteiger partial charge >= 0.3 is 0 Å². The largest absolute Gasteiger partial charge is 0.316 e. The molecular weight excluding hydrogens is 262 g/mol. The van der Waals surface area contributed by atoms with Gasteiger partial charge < -0.3 is 5.32 Å². The lowest BCUT2D eigenvalue weighted by atomic mass is 10.3. The summed E-state index contributed by atoms with van der Waals surface area (Å²) in [6.07, 6.45) is 3.22. The highest BCUT2D eigenvalue weighted by Gasteiger charge is 2.24. The van der Waals surface area contributed by atoms with Crippen LogP contribution in [0.5, 0.6) is 0 Å². The van der Waals surface area contributed by atoms with Crippen LogP contribution >= 0.6 is 0 Å². The van der Waals surface area contributed by atoms with E-state index in [1.165, 1.54) is 4.31 Å². The maximum atomic E-state index is 12.4. The number of rotatable bonds is 8. The summed E-state index contributed by atoms with van der Waals surface area (Å²) in [5.41, 5.74) is 0.971. The fraction of sp³-hybridized carbons (Fsp3) is 0.615. The van der Waals surface area contributed by atoms with Crippen molar-refractivity contribution < 1.29 is 8.42 Å². The van der Waals surface area contributed by atoms with Crippen LogP contribution in [0.25, 0.3) is 0 Å². The summed E-state index contributed by atoms with van der Waals surface area (Å²) in [5, 5.41) is 3.14. The van der Waals surface area contributed by atoms with Gasteiger partial charge in [0.05, 0.1) is 0 Å². The maximum Gasteiger partial charge on any atom is 0.260 e. The molecule has 1 N–H and O–H groups in total. The summed E-state index contributed by atoms with van der Waals surface area (Å²) in [6, 6.07) is 3.38. The molecule has 1 aromatic heterocycles. The molecule has 0 aliphatic heterocycles. The van der Waals surface area contributed by atoms with Crippen molar-refractivity contribution in [1.82, 2.24) is 14.6 Å². The van der Waals surface area contributed by atoms with Crippen molar-refractivity contribution in [3.63, 3.8) is 0 Å². The Balaban J connectivity index is 2.96. The second kappa shape index (κ2) is 7.57. The van der Waals surface area contributed by atoms with Crippen LogP contribution in [0.2, 0.25) is 0 Å². The van der Waals surface area contributed by atoms with E-state index in [0.29, 0.717) is 19.6 Å². The molecule has 19 heavy (non-hydrogen) atoms. The Hall–Kier alpha value is -0.980. The first-order chi connectivity index (χ1) is 9.06. The van der Waals surface area contributed by atoms with Gasteiger partial charge in [-0.2, -0.15) is 4.31 Å². The summed E-state index contributed by atoms with van der Waals surface area (Å²) < 4.78 is 26.4. The Morgan fingerprint density at radius 1 is 1.21 bits per heavy atom. The second-order valence-electron chi connectivity index (χ2n) is 4.44. The molecule has 0 saturated heterocycles. The van der Waals surface area contributed by atoms with E-state index >= 15 is 0 Å². The minimum atomic E-state index is -3.46. The van der Waals surface area contributed by atoms with Crippen LogP contribution in [0.3, 0.4) is 0 Å². The first-order valence-electron chi connectivity index (χ1n) is 6.65. The van der Waals surface area contributed by atoms with Gasteiger partial charge in [-0.3, -0.25) is 0 Å². The average Bonchev–Trinajstić information content (AvgIpc) is 2.39. The lowest BCUT2D eigenvalue weighted by Crippen LogP contribution is -2.33. The van der Waals surface area contributed by atoms with Gasteiger partial charge in [0.25, 0.3) is 10.0 Å². The van der Waals surface area contributed by atoms with E-state index in [-0.39, 0.29) is 5.03 Å². The summed E-state index contributed by atoms with van der Waals surface area (Å²) in [5.74, 6) is 0. The van der Waals surface area contributed by atoms with Crippen molar-refractivity contribution in [2.45, 2.75) is 38.3 Å². The van der Waals surface area contributed by atoms with Crippen LogP contribution in [0.15, 0.2) is 23.4 Å². The summed E-state index contributed by atoms with van der Waals surface area (Å²) >= 11 is 0. The molecule has 0 radical (unpaired) electrons. The third kappa shape index (κ3) is 4.26. The van der Waals surface area contributed by atoms with Gasteiger partial charge in [0.1, 0.15) is 0 Å². The minimum absolute atomic E-state index is 0.134. The zero-order valence-electron chi connectivity index (χ0n) is 11.9. The van der Waals surface area contributed by atoms with Gasteiger partial charge in [-0.15, -0.1) is 0 Å². The second-order valence-corrected chi connectivity index (χ2v) is 6.32. The van der Waals surface area contributed by atoms with Crippen LogP contribution < -0.4 is 5.32 Å². The van der Waals surface area contributed by atoms with Gasteiger partial charge in [0, 0.05) is 25.8 Å². The molecule has 0 aromatic carbocycles. The van der Waals surface area contributed by atoms with Crippen LogP contribution in [0.4, 0.5) is 0 Å². The zero-order chi connectivity index (χ0) is 14.3. The zero-order valence-corrected chi connectivity index (χ0v) is 12.7. The SMILES string of the molecule is CCCN(CCC)S(=O)(=O)c1ccc(CNC)cn1. The van der Waals surface area contributed by atoms with Gasteiger partial charge in [-0.25, -0.2) is 13.4 Å². The van der Waals surface area contributed by atoms with Gasteiger partial charge in [0.15, 0.2) is 5.03 Å². The number of nitrogens with one attached hydrogen (secondary N) is 1. The van der Waals surface area contributed by atoms with Crippen LogP contribution in [-0.4, -0.2) is 37.8 Å². The smallest absolute Gasteiger partial charge is 0.260 e. The molecule has 6 heteroatoms. The van der Waals surface area contributed by atoms with Crippen molar-refractivity contribution in [2.24, 2.45) is 0 Å². The van der Waals surface area contributed by atoms with Gasteiger partial charge in [-0.05, 0) is 31.5 Å². The number of pyridine rings is 1. The summed E-state index contributed by atoms with van der Waals surface area (Å²) in [7, 11) is -1.61. The number of sulfonamides is 1. The van der Waals surface area contributed by atoms with E-state index in [1.54, 1.807) is 18.3 Å². The molecule has 0 fully saturated rings. The first-order valence-corrected chi connectivity index (χ1v) is 8.10. The predicted molar refractivity (Wildman–Crippen MR) is 76.3 cm³/mol. The van der Waals surface area contributed by atoms with Crippen molar-refractivity contribution in [1.29, 1.82) is 0 Å². The number of hydrogen-bond acceptors (Lipinski definition) is 4. The third-order valence-electron chi connectivity index (χ3n) is 2.73. The molecule has 0 bridgehead atoms. The Morgan fingerprint density at radius 2 is 1.84 bits per heavy atom. The highest BCUT2D eigenvalue weighted by Crippen LogP contribution is 2.14. The highest BCUT2D eigenvalue weighted by atomic mass is 32.2. The Labute approximate surface area is 116 Å². The van der Waals surface area contributed by atoms with Crippen molar-refractivity contribution in [3.05, 3.63) is 23.9 Å². The molecule has 0 aliphatic carbocycles. The van der Waals surface area contributed by atoms with Crippen molar-refractivity contribution in [3.8, 4) is 0 Å². The molecule has 1 rings (SSSR count). The van der Waals surface area contributed by atoms with Gasteiger partial charge in [0.2, 0.25) is 0 Å². The monoisotopic (exact) mass is 285 g/mol. The topological polar surface area (TPSA) is 62.3 Å². The Kier molecular flexibility index (Phi) is 6.41.